The van der Waals surface area contributed by atoms with Gasteiger partial charge in [-0.15, -0.1) is 11.6 Å². The van der Waals surface area contributed by atoms with Crippen molar-refractivity contribution in [2.24, 2.45) is 0 Å². The molecular weight excluding hydrogens is 284 g/mol. The fourth-order valence-corrected chi connectivity index (χ4v) is 3.00. The summed E-state index contributed by atoms with van der Waals surface area (Å²) in [6.07, 6.45) is 2.36. The summed E-state index contributed by atoms with van der Waals surface area (Å²) in [5, 5.41) is 21.7. The van der Waals surface area contributed by atoms with E-state index in [1.165, 1.54) is 12.3 Å². The SMILES string of the molecule is C=C1NC(=O)C=CN1[C@@H]1O[C@@](CO)(CCC)[C@@H](O)[C@H]1Cl. The van der Waals surface area contributed by atoms with E-state index in [4.69, 9.17) is 16.3 Å². The smallest absolute Gasteiger partial charge is 0.250 e. The number of nitrogens with one attached hydrogen (secondary N) is 1. The van der Waals surface area contributed by atoms with Crippen LogP contribution in [0.5, 0.6) is 0 Å². The van der Waals surface area contributed by atoms with Gasteiger partial charge in [-0.25, -0.2) is 0 Å². The molecule has 2 heterocycles. The van der Waals surface area contributed by atoms with E-state index in [0.717, 1.165) is 6.42 Å². The molecule has 0 radical (unpaired) electrons. The van der Waals surface area contributed by atoms with E-state index >= 15 is 0 Å². The summed E-state index contributed by atoms with van der Waals surface area (Å²) in [6, 6.07) is 0. The van der Waals surface area contributed by atoms with Gasteiger partial charge in [0.15, 0.2) is 6.23 Å². The van der Waals surface area contributed by atoms with Crippen molar-refractivity contribution < 1.29 is 19.7 Å². The van der Waals surface area contributed by atoms with Crippen LogP contribution in [0.25, 0.3) is 0 Å². The highest BCUT2D eigenvalue weighted by Crippen LogP contribution is 2.39. The average molecular weight is 303 g/mol. The Kier molecular flexibility index (Phi) is 4.39. The van der Waals surface area contributed by atoms with Crippen LogP contribution < -0.4 is 5.32 Å². The minimum Gasteiger partial charge on any atom is -0.393 e. The molecule has 0 saturated carbocycles. The number of nitrogens with zero attached hydrogens (tertiary/aromatic N) is 1. The second kappa shape index (κ2) is 5.73. The molecule has 7 heteroatoms. The average Bonchev–Trinajstić information content (AvgIpc) is 2.65. The molecule has 0 aromatic heterocycles. The first-order valence-corrected chi connectivity index (χ1v) is 6.96. The molecule has 2 aliphatic heterocycles. The highest BCUT2D eigenvalue weighted by Gasteiger charge is 2.55. The van der Waals surface area contributed by atoms with E-state index in [9.17, 15) is 15.0 Å². The summed E-state index contributed by atoms with van der Waals surface area (Å²) >= 11 is 6.25. The number of hydrogen-bond acceptors (Lipinski definition) is 5. The summed E-state index contributed by atoms with van der Waals surface area (Å²) in [5.41, 5.74) is -1.08. The molecule has 0 unspecified atom stereocenters. The van der Waals surface area contributed by atoms with Crippen molar-refractivity contribution in [3.63, 3.8) is 0 Å². The number of amides is 1. The van der Waals surface area contributed by atoms with Crippen LogP contribution in [0.15, 0.2) is 24.7 Å². The van der Waals surface area contributed by atoms with Gasteiger partial charge in [0.25, 0.3) is 5.91 Å². The van der Waals surface area contributed by atoms with Crippen molar-refractivity contribution in [3.8, 4) is 0 Å². The number of rotatable bonds is 4. The highest BCUT2D eigenvalue weighted by molar-refractivity contribution is 6.21. The van der Waals surface area contributed by atoms with Crippen molar-refractivity contribution in [3.05, 3.63) is 24.7 Å². The van der Waals surface area contributed by atoms with Crippen LogP contribution in [0.3, 0.4) is 0 Å². The number of ether oxygens (including phenoxy) is 1. The molecule has 6 nitrogen and oxygen atoms in total. The van der Waals surface area contributed by atoms with E-state index in [1.807, 2.05) is 6.92 Å². The Bertz CT molecular complexity index is 442. The maximum Gasteiger partial charge on any atom is 0.250 e. The first-order valence-electron chi connectivity index (χ1n) is 6.52. The van der Waals surface area contributed by atoms with Crippen LogP contribution in [-0.2, 0) is 9.53 Å². The van der Waals surface area contributed by atoms with Crippen LogP contribution in [-0.4, -0.2) is 50.9 Å². The van der Waals surface area contributed by atoms with Crippen molar-refractivity contribution in [1.82, 2.24) is 10.2 Å². The van der Waals surface area contributed by atoms with E-state index < -0.39 is 23.3 Å². The first-order chi connectivity index (χ1) is 9.45. The molecule has 2 rings (SSSR count). The van der Waals surface area contributed by atoms with Crippen LogP contribution in [0.4, 0.5) is 0 Å². The third kappa shape index (κ3) is 2.44. The molecule has 0 bridgehead atoms. The van der Waals surface area contributed by atoms with Crippen LogP contribution in [0, 0.1) is 0 Å². The Hall–Kier alpha value is -1.08. The van der Waals surface area contributed by atoms with Gasteiger partial charge in [0.05, 0.1) is 6.61 Å². The Labute approximate surface area is 122 Å². The maximum absolute atomic E-state index is 11.2. The summed E-state index contributed by atoms with van der Waals surface area (Å²) in [4.78, 5) is 12.8. The maximum atomic E-state index is 11.2. The Balaban J connectivity index is 2.24. The Morgan fingerprint density at radius 3 is 2.90 bits per heavy atom. The minimum atomic E-state index is -1.08. The number of alkyl halides is 1. The molecule has 4 atom stereocenters. The number of carbonyl (C=O) groups is 1. The Morgan fingerprint density at radius 1 is 1.65 bits per heavy atom. The fraction of sp³-hybridized carbons (Fsp3) is 0.615. The zero-order valence-electron chi connectivity index (χ0n) is 11.3. The zero-order valence-corrected chi connectivity index (χ0v) is 12.0. The monoisotopic (exact) mass is 302 g/mol. The summed E-state index contributed by atoms with van der Waals surface area (Å²) in [6.45, 7) is 5.34. The van der Waals surface area contributed by atoms with Gasteiger partial charge in [-0.05, 0) is 6.42 Å². The van der Waals surface area contributed by atoms with Gasteiger partial charge in [0.1, 0.15) is 22.9 Å². The number of aliphatic hydroxyl groups is 2. The molecular formula is C13H19ClN2O4. The predicted molar refractivity (Wildman–Crippen MR) is 73.5 cm³/mol. The lowest BCUT2D eigenvalue weighted by Gasteiger charge is -2.34. The third-order valence-electron chi connectivity index (χ3n) is 3.65. The predicted octanol–water partition coefficient (Wildman–Crippen LogP) is 0.259. The highest BCUT2D eigenvalue weighted by atomic mass is 35.5. The van der Waals surface area contributed by atoms with Crippen molar-refractivity contribution in [2.45, 2.75) is 43.1 Å². The second-order valence-corrected chi connectivity index (χ2v) is 5.53. The molecule has 3 N–H and O–H groups in total. The lowest BCUT2D eigenvalue weighted by molar-refractivity contribution is -0.139. The zero-order chi connectivity index (χ0) is 14.9. The summed E-state index contributed by atoms with van der Waals surface area (Å²) in [7, 11) is 0. The second-order valence-electron chi connectivity index (χ2n) is 5.03. The molecule has 20 heavy (non-hydrogen) atoms. The van der Waals surface area contributed by atoms with E-state index in [0.29, 0.717) is 12.2 Å². The number of aliphatic hydroxyl groups excluding tert-OH is 2. The molecule has 0 spiro atoms. The first kappa shape index (κ1) is 15.3. The lowest BCUT2D eigenvalue weighted by Crippen LogP contribution is -2.45. The number of carbonyl (C=O) groups excluding carboxylic acids is 1. The normalized spacial score (nSPS) is 37.4. The minimum absolute atomic E-state index is 0.280. The van der Waals surface area contributed by atoms with Crippen molar-refractivity contribution in [1.29, 1.82) is 0 Å². The molecule has 0 aromatic carbocycles. The molecule has 2 aliphatic rings. The molecule has 1 saturated heterocycles. The number of halogens is 1. The van der Waals surface area contributed by atoms with E-state index in [-0.39, 0.29) is 12.5 Å². The van der Waals surface area contributed by atoms with Gasteiger partial charge in [-0.1, -0.05) is 19.9 Å². The van der Waals surface area contributed by atoms with Crippen molar-refractivity contribution >= 4 is 17.5 Å². The van der Waals surface area contributed by atoms with Gasteiger partial charge in [-0.3, -0.25) is 4.79 Å². The molecule has 112 valence electrons. The molecule has 0 aromatic rings. The lowest BCUT2D eigenvalue weighted by atomic mass is 9.92. The van der Waals surface area contributed by atoms with Gasteiger partial charge in [0.2, 0.25) is 0 Å². The largest absolute Gasteiger partial charge is 0.393 e. The van der Waals surface area contributed by atoms with Crippen LogP contribution >= 0.6 is 11.6 Å². The molecule has 1 fully saturated rings. The fourth-order valence-electron chi connectivity index (χ4n) is 2.60. The quantitative estimate of drug-likeness (QED) is 0.649. The van der Waals surface area contributed by atoms with Gasteiger partial charge < -0.3 is 25.2 Å². The van der Waals surface area contributed by atoms with Crippen LogP contribution in [0.1, 0.15) is 19.8 Å². The van der Waals surface area contributed by atoms with E-state index in [1.54, 1.807) is 4.90 Å². The van der Waals surface area contributed by atoms with Gasteiger partial charge in [-0.2, -0.15) is 0 Å². The van der Waals surface area contributed by atoms with E-state index in [2.05, 4.69) is 11.9 Å². The number of hydrogen-bond donors (Lipinski definition) is 3. The van der Waals surface area contributed by atoms with Gasteiger partial charge >= 0.3 is 0 Å². The molecule has 1 amide bonds. The summed E-state index contributed by atoms with van der Waals surface area (Å²) in [5.74, 6) is 0.0449. The topological polar surface area (TPSA) is 82.0 Å². The Morgan fingerprint density at radius 2 is 2.35 bits per heavy atom. The summed E-state index contributed by atoms with van der Waals surface area (Å²) < 4.78 is 5.84. The standard InChI is InChI=1S/C13H19ClN2O4/c1-3-5-13(7-17)11(19)10(14)12(20-13)16-6-4-9(18)15-8(16)2/h4,6,10-12,17,19H,2-3,5,7H2,1H3,(H,15,18)/t10-,11+,12-,13-/m1/s1. The van der Waals surface area contributed by atoms with Crippen molar-refractivity contribution in [2.75, 3.05) is 6.61 Å². The van der Waals surface area contributed by atoms with Crippen LogP contribution in [0.2, 0.25) is 0 Å². The molecule has 0 aliphatic carbocycles. The van der Waals surface area contributed by atoms with Gasteiger partial charge in [0, 0.05) is 12.3 Å². The third-order valence-corrected chi connectivity index (χ3v) is 4.10.